The van der Waals surface area contributed by atoms with E-state index in [0.717, 1.165) is 17.6 Å². The number of rotatable bonds is 2. The molecule has 0 radical (unpaired) electrons. The third-order valence-electron chi connectivity index (χ3n) is 3.57. The number of halogens is 1. The summed E-state index contributed by atoms with van der Waals surface area (Å²) in [6.07, 6.45) is 0. The summed E-state index contributed by atoms with van der Waals surface area (Å²) in [5, 5.41) is 9.42. The van der Waals surface area contributed by atoms with Crippen LogP contribution in [0.25, 0.3) is 0 Å². The number of aliphatic hydroxyl groups excluding tert-OH is 1. The molecule has 1 saturated heterocycles. The maximum Gasteiger partial charge on any atom is 0.0604 e. The Morgan fingerprint density at radius 2 is 2.18 bits per heavy atom. The number of hydrogen-bond acceptors (Lipinski definition) is 3. The van der Waals surface area contributed by atoms with E-state index in [4.69, 9.17) is 0 Å². The van der Waals surface area contributed by atoms with Crippen molar-refractivity contribution in [3.63, 3.8) is 0 Å². The lowest BCUT2D eigenvalue weighted by molar-refractivity contribution is 0.0996. The first-order valence-corrected chi connectivity index (χ1v) is 6.74. The van der Waals surface area contributed by atoms with Crippen LogP contribution in [0.5, 0.6) is 0 Å². The molecular weight excluding hydrogens is 280 g/mol. The highest BCUT2D eigenvalue weighted by Crippen LogP contribution is 2.24. The Morgan fingerprint density at radius 1 is 1.41 bits per heavy atom. The first-order valence-electron chi connectivity index (χ1n) is 5.95. The van der Waals surface area contributed by atoms with Gasteiger partial charge in [0, 0.05) is 29.3 Å². The van der Waals surface area contributed by atoms with Crippen LogP contribution in [0.3, 0.4) is 0 Å². The SMILES string of the molecule is CC1CN(c2cccc(Br)c2)CC(CO)N1C. The minimum atomic E-state index is 0.214. The summed E-state index contributed by atoms with van der Waals surface area (Å²) in [7, 11) is 2.09. The van der Waals surface area contributed by atoms with Crippen molar-refractivity contribution in [2.24, 2.45) is 0 Å². The molecule has 1 aliphatic heterocycles. The molecular formula is C13H19BrN2O. The Kier molecular flexibility index (Phi) is 4.07. The fraction of sp³-hybridized carbons (Fsp3) is 0.538. The van der Waals surface area contributed by atoms with E-state index in [0.29, 0.717) is 6.04 Å². The van der Waals surface area contributed by atoms with E-state index in [1.807, 2.05) is 6.07 Å². The largest absolute Gasteiger partial charge is 0.395 e. The monoisotopic (exact) mass is 298 g/mol. The maximum absolute atomic E-state index is 9.42. The van der Waals surface area contributed by atoms with Crippen molar-refractivity contribution in [3.8, 4) is 0 Å². The minimum Gasteiger partial charge on any atom is -0.395 e. The second-order valence-corrected chi connectivity index (χ2v) is 5.65. The van der Waals surface area contributed by atoms with E-state index < -0.39 is 0 Å². The summed E-state index contributed by atoms with van der Waals surface area (Å²) >= 11 is 3.50. The van der Waals surface area contributed by atoms with E-state index in [2.05, 4.69) is 57.9 Å². The van der Waals surface area contributed by atoms with Gasteiger partial charge >= 0.3 is 0 Å². The summed E-state index contributed by atoms with van der Waals surface area (Å²) < 4.78 is 1.10. The van der Waals surface area contributed by atoms with Gasteiger partial charge in [-0.25, -0.2) is 0 Å². The fourth-order valence-electron chi connectivity index (χ4n) is 2.34. The molecule has 4 heteroatoms. The van der Waals surface area contributed by atoms with Gasteiger partial charge in [0.2, 0.25) is 0 Å². The first kappa shape index (κ1) is 12.9. The summed E-state index contributed by atoms with van der Waals surface area (Å²) in [6, 6.07) is 9.02. The number of benzene rings is 1. The lowest BCUT2D eigenvalue weighted by atomic mass is 10.1. The normalized spacial score (nSPS) is 26.2. The number of nitrogens with zero attached hydrogens (tertiary/aromatic N) is 2. The zero-order valence-electron chi connectivity index (χ0n) is 10.3. The predicted molar refractivity (Wildman–Crippen MR) is 74.5 cm³/mol. The highest BCUT2D eigenvalue weighted by molar-refractivity contribution is 9.10. The van der Waals surface area contributed by atoms with E-state index in [1.54, 1.807) is 0 Å². The molecule has 2 atom stereocenters. The Labute approximate surface area is 111 Å². The van der Waals surface area contributed by atoms with Gasteiger partial charge in [0.15, 0.2) is 0 Å². The molecule has 1 heterocycles. The molecule has 2 unspecified atom stereocenters. The first-order chi connectivity index (χ1) is 8.11. The molecule has 1 aliphatic rings. The highest BCUT2D eigenvalue weighted by atomic mass is 79.9. The number of piperazine rings is 1. The van der Waals surface area contributed by atoms with Crippen LogP contribution in [-0.4, -0.2) is 48.8 Å². The highest BCUT2D eigenvalue weighted by Gasteiger charge is 2.28. The van der Waals surface area contributed by atoms with Crippen LogP contribution < -0.4 is 4.90 Å². The fourth-order valence-corrected chi connectivity index (χ4v) is 2.72. The van der Waals surface area contributed by atoms with Crippen LogP contribution in [0, 0.1) is 0 Å². The molecule has 1 fully saturated rings. The molecule has 0 amide bonds. The Morgan fingerprint density at radius 3 is 2.82 bits per heavy atom. The Hall–Kier alpha value is -0.580. The zero-order valence-corrected chi connectivity index (χ0v) is 11.9. The van der Waals surface area contributed by atoms with Crippen molar-refractivity contribution in [1.29, 1.82) is 0 Å². The molecule has 0 spiro atoms. The van der Waals surface area contributed by atoms with E-state index in [1.165, 1.54) is 5.69 Å². The average molecular weight is 299 g/mol. The van der Waals surface area contributed by atoms with E-state index in [9.17, 15) is 5.11 Å². The molecule has 1 aromatic rings. The van der Waals surface area contributed by atoms with Gasteiger partial charge in [-0.05, 0) is 32.2 Å². The van der Waals surface area contributed by atoms with E-state index in [-0.39, 0.29) is 12.6 Å². The standard InChI is InChI=1S/C13H19BrN2O/c1-10-7-16(8-13(9-17)15(10)2)12-5-3-4-11(14)6-12/h3-6,10,13,17H,7-9H2,1-2H3. The average Bonchev–Trinajstić information content (AvgIpc) is 2.32. The molecule has 17 heavy (non-hydrogen) atoms. The zero-order chi connectivity index (χ0) is 12.4. The molecule has 0 aliphatic carbocycles. The van der Waals surface area contributed by atoms with Crippen molar-refractivity contribution >= 4 is 21.6 Å². The number of hydrogen-bond donors (Lipinski definition) is 1. The van der Waals surface area contributed by atoms with Gasteiger partial charge in [-0.3, -0.25) is 4.90 Å². The lowest BCUT2D eigenvalue weighted by Gasteiger charge is -2.44. The molecule has 0 aromatic heterocycles. The molecule has 2 rings (SSSR count). The Bertz CT molecular complexity index is 385. The number of likely N-dealkylation sites (N-methyl/N-ethyl adjacent to an activating group) is 1. The van der Waals surface area contributed by atoms with Gasteiger partial charge in [-0.2, -0.15) is 0 Å². The van der Waals surface area contributed by atoms with Crippen molar-refractivity contribution in [2.75, 3.05) is 31.6 Å². The van der Waals surface area contributed by atoms with Gasteiger partial charge in [0.05, 0.1) is 12.6 Å². The van der Waals surface area contributed by atoms with Crippen LogP contribution >= 0.6 is 15.9 Å². The minimum absolute atomic E-state index is 0.214. The van der Waals surface area contributed by atoms with Crippen molar-refractivity contribution < 1.29 is 5.11 Å². The van der Waals surface area contributed by atoms with Gasteiger partial charge < -0.3 is 10.0 Å². The quantitative estimate of drug-likeness (QED) is 0.904. The second-order valence-electron chi connectivity index (χ2n) is 4.74. The molecule has 1 aromatic carbocycles. The van der Waals surface area contributed by atoms with Crippen molar-refractivity contribution in [1.82, 2.24) is 4.90 Å². The molecule has 94 valence electrons. The van der Waals surface area contributed by atoms with Crippen LogP contribution in [-0.2, 0) is 0 Å². The van der Waals surface area contributed by atoms with Crippen LogP contribution in [0.1, 0.15) is 6.92 Å². The summed E-state index contributed by atoms with van der Waals surface area (Å²) in [5.41, 5.74) is 1.22. The number of anilines is 1. The molecule has 3 nitrogen and oxygen atoms in total. The Balaban J connectivity index is 2.17. The third kappa shape index (κ3) is 2.81. The molecule has 0 bridgehead atoms. The summed E-state index contributed by atoms with van der Waals surface area (Å²) in [5.74, 6) is 0. The van der Waals surface area contributed by atoms with Crippen LogP contribution in [0.2, 0.25) is 0 Å². The van der Waals surface area contributed by atoms with Gasteiger partial charge in [0.25, 0.3) is 0 Å². The predicted octanol–water partition coefficient (Wildman–Crippen LogP) is 1.95. The second kappa shape index (κ2) is 5.38. The van der Waals surface area contributed by atoms with Gasteiger partial charge in [0.1, 0.15) is 0 Å². The number of aliphatic hydroxyl groups is 1. The van der Waals surface area contributed by atoms with Gasteiger partial charge in [-0.15, -0.1) is 0 Å². The smallest absolute Gasteiger partial charge is 0.0604 e. The van der Waals surface area contributed by atoms with Crippen molar-refractivity contribution in [3.05, 3.63) is 28.7 Å². The van der Waals surface area contributed by atoms with Crippen LogP contribution in [0.4, 0.5) is 5.69 Å². The van der Waals surface area contributed by atoms with Crippen LogP contribution in [0.15, 0.2) is 28.7 Å². The summed E-state index contributed by atoms with van der Waals surface area (Å²) in [4.78, 5) is 4.60. The van der Waals surface area contributed by atoms with E-state index >= 15 is 0 Å². The topological polar surface area (TPSA) is 26.7 Å². The van der Waals surface area contributed by atoms with Gasteiger partial charge in [-0.1, -0.05) is 22.0 Å². The summed E-state index contributed by atoms with van der Waals surface area (Å²) in [6.45, 7) is 4.30. The lowest BCUT2D eigenvalue weighted by Crippen LogP contribution is -2.57. The van der Waals surface area contributed by atoms with Crippen molar-refractivity contribution in [2.45, 2.75) is 19.0 Å². The maximum atomic E-state index is 9.42. The molecule has 0 saturated carbocycles. The third-order valence-corrected chi connectivity index (χ3v) is 4.06. The molecule has 1 N–H and O–H groups in total.